The predicted octanol–water partition coefficient (Wildman–Crippen LogP) is 1.91. The second kappa shape index (κ2) is 8.33. The number of hydrogen-bond donors (Lipinski definition) is 2. The highest BCUT2D eigenvalue weighted by Gasteiger charge is 2.14. The summed E-state index contributed by atoms with van der Waals surface area (Å²) in [7, 11) is -3.67. The molecular weight excluding hydrogens is 406 g/mol. The van der Waals surface area contributed by atoms with Gasteiger partial charge in [0.15, 0.2) is 0 Å². The molecule has 2 rings (SSSR count). The third kappa shape index (κ3) is 6.74. The molecular formula is C13H16BrN3O6S. The monoisotopic (exact) mass is 421 g/mol. The van der Waals surface area contributed by atoms with Crippen molar-refractivity contribution in [3.63, 3.8) is 0 Å². The second-order valence-electron chi connectivity index (χ2n) is 4.88. The lowest BCUT2D eigenvalue weighted by atomic mass is 10.1. The third-order valence-corrected chi connectivity index (χ3v) is 3.19. The maximum absolute atomic E-state index is 10.9. The van der Waals surface area contributed by atoms with Crippen molar-refractivity contribution in [2.45, 2.75) is 20.1 Å². The minimum atomic E-state index is -3.67. The lowest BCUT2D eigenvalue weighted by Crippen LogP contribution is -2.05. The van der Waals surface area contributed by atoms with E-state index in [0.29, 0.717) is 18.4 Å². The van der Waals surface area contributed by atoms with E-state index in [9.17, 15) is 18.5 Å². The average Bonchev–Trinajstić information content (AvgIpc) is 2.75. The van der Waals surface area contributed by atoms with E-state index in [-0.39, 0.29) is 12.3 Å². The zero-order valence-electron chi connectivity index (χ0n) is 12.9. The normalized spacial score (nSPS) is 10.9. The van der Waals surface area contributed by atoms with E-state index < -0.39 is 15.0 Å². The molecule has 0 aliphatic heterocycles. The zero-order valence-corrected chi connectivity index (χ0v) is 15.3. The van der Waals surface area contributed by atoms with Crippen LogP contribution in [0.15, 0.2) is 28.9 Å². The molecule has 2 aromatic rings. The minimum Gasteiger partial charge on any atom is -0.391 e. The van der Waals surface area contributed by atoms with Crippen molar-refractivity contribution in [1.82, 2.24) is 9.78 Å². The summed E-state index contributed by atoms with van der Waals surface area (Å²) in [5.41, 5.74) is 1.97. The summed E-state index contributed by atoms with van der Waals surface area (Å²) < 4.78 is 28.3. The summed E-state index contributed by atoms with van der Waals surface area (Å²) in [6.45, 7) is 2.02. The first-order valence-corrected chi connectivity index (χ1v) is 9.15. The molecule has 0 bridgehead atoms. The van der Waals surface area contributed by atoms with E-state index >= 15 is 0 Å². The quantitative estimate of drug-likeness (QED) is 0.436. The van der Waals surface area contributed by atoms with Crippen LogP contribution in [-0.2, 0) is 23.3 Å². The van der Waals surface area contributed by atoms with Gasteiger partial charge in [-0.05, 0) is 40.5 Å². The number of aliphatic hydroxyl groups excluding tert-OH is 1. The van der Waals surface area contributed by atoms with Crippen molar-refractivity contribution in [1.29, 1.82) is 0 Å². The largest absolute Gasteiger partial charge is 0.391 e. The molecule has 0 unspecified atom stereocenters. The van der Waals surface area contributed by atoms with Crippen LogP contribution in [-0.4, -0.2) is 39.0 Å². The first kappa shape index (κ1) is 20.2. The van der Waals surface area contributed by atoms with Gasteiger partial charge in [0.25, 0.3) is 15.8 Å². The number of nitrogens with zero attached hydrogens (tertiary/aromatic N) is 3. The van der Waals surface area contributed by atoms with Crippen LogP contribution >= 0.6 is 15.9 Å². The molecule has 0 atom stereocenters. The number of hydrogen-bond acceptors (Lipinski definition) is 6. The predicted molar refractivity (Wildman–Crippen MR) is 90.3 cm³/mol. The zero-order chi connectivity index (χ0) is 18.5. The molecule has 0 radical (unpaired) electrons. The van der Waals surface area contributed by atoms with Gasteiger partial charge in [0.05, 0.1) is 29.9 Å². The van der Waals surface area contributed by atoms with Gasteiger partial charge in [-0.25, -0.2) is 0 Å². The van der Waals surface area contributed by atoms with Gasteiger partial charge in [-0.15, -0.1) is 0 Å². The van der Waals surface area contributed by atoms with Crippen molar-refractivity contribution in [3.05, 3.63) is 55.8 Å². The van der Waals surface area contributed by atoms with Crippen molar-refractivity contribution >= 4 is 31.7 Å². The Morgan fingerprint density at radius 1 is 1.38 bits per heavy atom. The SMILES string of the molecule is CS(=O)(=O)O.Cc1cc(Br)nn1Cc1ccc(CO)c([N+](=O)[O-])c1. The number of aliphatic hydroxyl groups is 1. The summed E-state index contributed by atoms with van der Waals surface area (Å²) in [4.78, 5) is 10.4. The first-order valence-electron chi connectivity index (χ1n) is 6.50. The van der Waals surface area contributed by atoms with Crippen LogP contribution in [0, 0.1) is 17.0 Å². The Morgan fingerprint density at radius 2 is 1.96 bits per heavy atom. The number of aryl methyl sites for hydroxylation is 1. The molecule has 11 heteroatoms. The maximum Gasteiger partial charge on any atom is 0.275 e. The Morgan fingerprint density at radius 3 is 2.38 bits per heavy atom. The topological polar surface area (TPSA) is 136 Å². The molecule has 0 amide bonds. The van der Waals surface area contributed by atoms with Crippen molar-refractivity contribution in [2.24, 2.45) is 0 Å². The minimum absolute atomic E-state index is 0.0659. The van der Waals surface area contributed by atoms with Gasteiger partial charge in [-0.1, -0.05) is 6.07 Å². The van der Waals surface area contributed by atoms with E-state index in [1.54, 1.807) is 16.8 Å². The van der Waals surface area contributed by atoms with Crippen LogP contribution < -0.4 is 0 Å². The van der Waals surface area contributed by atoms with Crippen molar-refractivity contribution < 1.29 is 23.0 Å². The Labute approximate surface area is 147 Å². The summed E-state index contributed by atoms with van der Waals surface area (Å²) in [5, 5.41) is 24.2. The van der Waals surface area contributed by atoms with Crippen LogP contribution in [0.3, 0.4) is 0 Å². The van der Waals surface area contributed by atoms with Gasteiger partial charge >= 0.3 is 0 Å². The molecule has 132 valence electrons. The molecule has 2 N–H and O–H groups in total. The summed E-state index contributed by atoms with van der Waals surface area (Å²) >= 11 is 3.28. The lowest BCUT2D eigenvalue weighted by molar-refractivity contribution is -0.385. The molecule has 0 saturated carbocycles. The Balaban J connectivity index is 0.000000505. The standard InChI is InChI=1S/C12H12BrN3O3.CH4O3S/c1-8-4-12(13)14-15(8)6-9-2-3-10(7-17)11(5-9)16(18)19;1-5(2,3)4/h2-5,17H,6-7H2,1H3;1H3,(H,2,3,4). The highest BCUT2D eigenvalue weighted by molar-refractivity contribution is 9.10. The smallest absolute Gasteiger partial charge is 0.275 e. The van der Waals surface area contributed by atoms with Gasteiger partial charge in [0.1, 0.15) is 4.60 Å². The number of aromatic nitrogens is 2. The molecule has 1 heterocycles. The second-order valence-corrected chi connectivity index (χ2v) is 7.16. The number of benzene rings is 1. The Hall–Kier alpha value is -1.82. The third-order valence-electron chi connectivity index (χ3n) is 2.80. The number of nitro benzene ring substituents is 1. The number of halogens is 1. The Bertz CT molecular complexity index is 826. The highest BCUT2D eigenvalue weighted by atomic mass is 79.9. The molecule has 24 heavy (non-hydrogen) atoms. The van der Waals surface area contributed by atoms with E-state index in [1.165, 1.54) is 6.07 Å². The fraction of sp³-hybridized carbons (Fsp3) is 0.308. The van der Waals surface area contributed by atoms with Crippen LogP contribution in [0.25, 0.3) is 0 Å². The fourth-order valence-electron chi connectivity index (χ4n) is 1.81. The first-order chi connectivity index (χ1) is 11.0. The van der Waals surface area contributed by atoms with E-state index in [2.05, 4.69) is 21.0 Å². The number of nitro groups is 1. The average molecular weight is 422 g/mol. The van der Waals surface area contributed by atoms with E-state index in [1.807, 2.05) is 13.0 Å². The van der Waals surface area contributed by atoms with Crippen molar-refractivity contribution in [3.8, 4) is 0 Å². The van der Waals surface area contributed by atoms with Gasteiger partial charge in [0, 0.05) is 11.8 Å². The molecule has 0 spiro atoms. The van der Waals surface area contributed by atoms with Crippen LogP contribution in [0.5, 0.6) is 0 Å². The summed E-state index contributed by atoms with van der Waals surface area (Å²) in [5.74, 6) is 0. The molecule has 0 fully saturated rings. The Kier molecular flexibility index (Phi) is 7.02. The van der Waals surface area contributed by atoms with E-state index in [4.69, 9.17) is 9.66 Å². The molecule has 9 nitrogen and oxygen atoms in total. The molecule has 0 aliphatic rings. The molecule has 1 aromatic carbocycles. The molecule has 1 aromatic heterocycles. The van der Waals surface area contributed by atoms with Crippen molar-refractivity contribution in [2.75, 3.05) is 6.26 Å². The van der Waals surface area contributed by atoms with Gasteiger partial charge in [-0.3, -0.25) is 19.3 Å². The fourth-order valence-corrected chi connectivity index (χ4v) is 2.34. The van der Waals surface area contributed by atoms with Crippen LogP contribution in [0.1, 0.15) is 16.8 Å². The van der Waals surface area contributed by atoms with Gasteiger partial charge < -0.3 is 5.11 Å². The number of rotatable bonds is 4. The highest BCUT2D eigenvalue weighted by Crippen LogP contribution is 2.21. The van der Waals surface area contributed by atoms with Gasteiger partial charge in [0.2, 0.25) is 0 Å². The summed E-state index contributed by atoms with van der Waals surface area (Å²) in [6.07, 6.45) is 0.715. The van der Waals surface area contributed by atoms with Crippen LogP contribution in [0.2, 0.25) is 0 Å². The van der Waals surface area contributed by atoms with Gasteiger partial charge in [-0.2, -0.15) is 13.5 Å². The lowest BCUT2D eigenvalue weighted by Gasteiger charge is -2.06. The molecule has 0 aliphatic carbocycles. The summed E-state index contributed by atoms with van der Waals surface area (Å²) in [6, 6.07) is 6.67. The maximum atomic E-state index is 10.9. The van der Waals surface area contributed by atoms with Crippen LogP contribution in [0.4, 0.5) is 5.69 Å². The molecule has 0 saturated heterocycles. The van der Waals surface area contributed by atoms with E-state index in [0.717, 1.165) is 15.9 Å².